The van der Waals surface area contributed by atoms with E-state index in [0.717, 1.165) is 11.1 Å². The van der Waals surface area contributed by atoms with Crippen LogP contribution in [0.5, 0.6) is 5.75 Å². The van der Waals surface area contributed by atoms with Crippen molar-refractivity contribution >= 4 is 6.21 Å². The smallest absolute Gasteiger partial charge is 0.128 e. The fourth-order valence-electron chi connectivity index (χ4n) is 2.37. The predicted octanol–water partition coefficient (Wildman–Crippen LogP) is 4.42. The summed E-state index contributed by atoms with van der Waals surface area (Å²) in [6, 6.07) is 3.95. The Kier molecular flexibility index (Phi) is 6.03. The first-order chi connectivity index (χ1) is 10.4. The molecule has 130 valence electrons. The zero-order valence-corrected chi connectivity index (χ0v) is 15.9. The van der Waals surface area contributed by atoms with Crippen molar-refractivity contribution in [3.05, 3.63) is 28.8 Å². The molecule has 1 atom stereocenters. The van der Waals surface area contributed by atoms with E-state index >= 15 is 0 Å². The maximum absolute atomic E-state index is 10.7. The summed E-state index contributed by atoms with van der Waals surface area (Å²) in [6.07, 6.45) is 1.71. The van der Waals surface area contributed by atoms with E-state index in [9.17, 15) is 10.2 Å². The summed E-state index contributed by atoms with van der Waals surface area (Å²) < 4.78 is 0. The third-order valence-corrected chi connectivity index (χ3v) is 4.18. The number of aromatic hydroxyl groups is 1. The molecule has 0 aliphatic heterocycles. The quantitative estimate of drug-likeness (QED) is 0.807. The van der Waals surface area contributed by atoms with E-state index in [1.54, 1.807) is 6.21 Å². The second kappa shape index (κ2) is 7.04. The summed E-state index contributed by atoms with van der Waals surface area (Å²) in [6.45, 7) is 16.9. The van der Waals surface area contributed by atoms with Crippen LogP contribution in [0.1, 0.15) is 72.1 Å². The van der Waals surface area contributed by atoms with Crippen LogP contribution in [0, 0.1) is 5.92 Å². The molecule has 0 amide bonds. The number of aliphatic hydroxyl groups is 1. The molecule has 0 radical (unpaired) electrons. The molecule has 0 saturated heterocycles. The highest BCUT2D eigenvalue weighted by Crippen LogP contribution is 2.37. The van der Waals surface area contributed by atoms with Gasteiger partial charge in [0.05, 0.1) is 12.6 Å². The van der Waals surface area contributed by atoms with Crippen LogP contribution in [-0.4, -0.2) is 29.1 Å². The van der Waals surface area contributed by atoms with E-state index in [0.29, 0.717) is 0 Å². The summed E-state index contributed by atoms with van der Waals surface area (Å²) in [5.41, 5.74) is 2.66. The molecule has 0 bridgehead atoms. The van der Waals surface area contributed by atoms with E-state index in [2.05, 4.69) is 52.6 Å². The summed E-state index contributed by atoms with van der Waals surface area (Å²) in [5, 5.41) is 20.1. The minimum atomic E-state index is -0.150. The Morgan fingerprint density at radius 2 is 1.61 bits per heavy atom. The van der Waals surface area contributed by atoms with Crippen LogP contribution in [0.25, 0.3) is 0 Å². The highest BCUT2D eigenvalue weighted by atomic mass is 16.3. The van der Waals surface area contributed by atoms with Crippen molar-refractivity contribution in [2.24, 2.45) is 10.9 Å². The van der Waals surface area contributed by atoms with Gasteiger partial charge < -0.3 is 10.2 Å². The van der Waals surface area contributed by atoms with Gasteiger partial charge in [0.25, 0.3) is 0 Å². The largest absolute Gasteiger partial charge is 0.507 e. The monoisotopic (exact) mass is 319 g/mol. The molecule has 0 unspecified atom stereocenters. The zero-order valence-electron chi connectivity index (χ0n) is 15.9. The number of aliphatic imine (C=N–C) groups is 1. The Balaban J connectivity index is 3.44. The number of rotatable bonds is 4. The number of aliphatic hydroxyl groups excluding tert-OH is 1. The lowest BCUT2D eigenvalue weighted by molar-refractivity contribution is 0.240. The summed E-state index contributed by atoms with van der Waals surface area (Å²) in [5.74, 6) is 0.543. The normalized spacial score (nSPS) is 14.7. The number of phenolic OH excluding ortho intramolecular Hbond substituents is 1. The Labute approximate surface area is 141 Å². The van der Waals surface area contributed by atoms with Gasteiger partial charge in [0.2, 0.25) is 0 Å². The van der Waals surface area contributed by atoms with Crippen LogP contribution >= 0.6 is 0 Å². The molecule has 2 N–H and O–H groups in total. The molecular weight excluding hydrogens is 286 g/mol. The molecule has 0 aromatic heterocycles. The van der Waals surface area contributed by atoms with Crippen molar-refractivity contribution in [3.63, 3.8) is 0 Å². The topological polar surface area (TPSA) is 52.8 Å². The minimum absolute atomic E-state index is 0.00921. The Morgan fingerprint density at radius 1 is 1.04 bits per heavy atom. The minimum Gasteiger partial charge on any atom is -0.507 e. The van der Waals surface area contributed by atoms with Gasteiger partial charge in [-0.25, -0.2) is 0 Å². The van der Waals surface area contributed by atoms with E-state index in [4.69, 9.17) is 0 Å². The summed E-state index contributed by atoms with van der Waals surface area (Å²) >= 11 is 0. The van der Waals surface area contributed by atoms with Crippen LogP contribution in [-0.2, 0) is 10.8 Å². The molecule has 0 fully saturated rings. The second-order valence-corrected chi connectivity index (χ2v) is 8.73. The second-order valence-electron chi connectivity index (χ2n) is 8.73. The van der Waals surface area contributed by atoms with E-state index in [-0.39, 0.29) is 35.1 Å². The van der Waals surface area contributed by atoms with Crippen molar-refractivity contribution in [1.82, 2.24) is 0 Å². The lowest BCUT2D eigenvalue weighted by atomic mass is 9.79. The SMILES string of the molecule is CC(C)[C@@H](CO)/N=C/c1cc(C(C)(C)C)cc(C(C)(C)C)c1O. The number of hydrogen-bond acceptors (Lipinski definition) is 3. The third-order valence-electron chi connectivity index (χ3n) is 4.18. The molecular formula is C20H33NO2. The van der Waals surface area contributed by atoms with Crippen LogP contribution < -0.4 is 0 Å². The molecule has 0 heterocycles. The van der Waals surface area contributed by atoms with Gasteiger partial charge in [-0.1, -0.05) is 61.5 Å². The molecule has 1 rings (SSSR count). The average Bonchev–Trinajstić information content (AvgIpc) is 2.37. The first-order valence-electron chi connectivity index (χ1n) is 8.40. The van der Waals surface area contributed by atoms with Gasteiger partial charge in [0.1, 0.15) is 5.75 Å². The Morgan fingerprint density at radius 3 is 2.00 bits per heavy atom. The lowest BCUT2D eigenvalue weighted by Gasteiger charge is -2.27. The summed E-state index contributed by atoms with van der Waals surface area (Å²) in [7, 11) is 0. The highest BCUT2D eigenvalue weighted by Gasteiger charge is 2.24. The maximum Gasteiger partial charge on any atom is 0.128 e. The molecule has 0 aliphatic carbocycles. The van der Waals surface area contributed by atoms with Crippen LogP contribution in [0.3, 0.4) is 0 Å². The average molecular weight is 319 g/mol. The molecule has 23 heavy (non-hydrogen) atoms. The molecule has 0 spiro atoms. The Hall–Kier alpha value is -1.35. The molecule has 1 aromatic carbocycles. The molecule has 0 aliphatic rings. The molecule has 1 aromatic rings. The van der Waals surface area contributed by atoms with Crippen LogP contribution in [0.15, 0.2) is 17.1 Å². The predicted molar refractivity (Wildman–Crippen MR) is 98.8 cm³/mol. The first kappa shape index (κ1) is 19.7. The first-order valence-corrected chi connectivity index (χ1v) is 8.40. The van der Waals surface area contributed by atoms with Gasteiger partial charge in [0, 0.05) is 17.3 Å². The van der Waals surface area contributed by atoms with Gasteiger partial charge in [0.15, 0.2) is 0 Å². The zero-order chi connectivity index (χ0) is 18.0. The fourth-order valence-corrected chi connectivity index (χ4v) is 2.37. The number of hydrogen-bond donors (Lipinski definition) is 2. The fraction of sp³-hybridized carbons (Fsp3) is 0.650. The van der Waals surface area contributed by atoms with Gasteiger partial charge >= 0.3 is 0 Å². The Bertz CT molecular complexity index is 560. The van der Waals surface area contributed by atoms with Crippen LogP contribution in [0.4, 0.5) is 0 Å². The van der Waals surface area contributed by atoms with E-state index in [1.165, 1.54) is 5.56 Å². The maximum atomic E-state index is 10.7. The number of nitrogens with zero attached hydrogens (tertiary/aromatic N) is 1. The van der Waals surface area contributed by atoms with Gasteiger partial charge in [-0.05, 0) is 28.4 Å². The van der Waals surface area contributed by atoms with Crippen molar-refractivity contribution in [3.8, 4) is 5.75 Å². The van der Waals surface area contributed by atoms with Crippen LogP contribution in [0.2, 0.25) is 0 Å². The van der Waals surface area contributed by atoms with Crippen molar-refractivity contribution in [2.75, 3.05) is 6.61 Å². The van der Waals surface area contributed by atoms with Gasteiger partial charge in [-0.3, -0.25) is 4.99 Å². The van der Waals surface area contributed by atoms with Crippen molar-refractivity contribution in [2.45, 2.75) is 72.3 Å². The van der Waals surface area contributed by atoms with Crippen molar-refractivity contribution < 1.29 is 10.2 Å². The highest BCUT2D eigenvalue weighted by molar-refractivity contribution is 5.85. The number of phenols is 1. The third kappa shape index (κ3) is 5.07. The van der Waals surface area contributed by atoms with Gasteiger partial charge in [-0.15, -0.1) is 0 Å². The molecule has 0 saturated carbocycles. The van der Waals surface area contributed by atoms with Gasteiger partial charge in [-0.2, -0.15) is 0 Å². The standard InChI is InChI=1S/C20H33NO2/c1-13(2)17(12-22)21-11-14-9-15(19(3,4)5)10-16(18(14)23)20(6,7)8/h9-11,13,17,22-23H,12H2,1-8H3/b21-11+/t17-/m1/s1. The van der Waals surface area contributed by atoms with E-state index < -0.39 is 0 Å². The summed E-state index contributed by atoms with van der Waals surface area (Å²) in [4.78, 5) is 4.48. The van der Waals surface area contributed by atoms with Crippen molar-refractivity contribution in [1.29, 1.82) is 0 Å². The lowest BCUT2D eigenvalue weighted by Crippen LogP contribution is -2.19. The molecule has 3 nitrogen and oxygen atoms in total. The molecule has 3 heteroatoms. The van der Waals surface area contributed by atoms with E-state index in [1.807, 2.05) is 19.9 Å². The number of benzene rings is 1.